The van der Waals surface area contributed by atoms with Crippen LogP contribution in [-0.2, 0) is 17.6 Å². The van der Waals surface area contributed by atoms with E-state index in [0.29, 0.717) is 11.7 Å². The SMILES string of the molecule is CC(C)CNC(=O)CSc1ncnc2sc3c(c12)CCC(C)C3. The molecule has 0 fully saturated rings. The normalized spacial score (nSPS) is 17.5. The maximum absolute atomic E-state index is 12.0. The lowest BCUT2D eigenvalue weighted by atomic mass is 9.89. The van der Waals surface area contributed by atoms with Crippen LogP contribution in [0.2, 0.25) is 0 Å². The van der Waals surface area contributed by atoms with Crippen molar-refractivity contribution in [3.63, 3.8) is 0 Å². The number of carbonyl (C=O) groups excluding carboxylic acids is 1. The third kappa shape index (κ3) is 3.86. The van der Waals surface area contributed by atoms with Gasteiger partial charge in [0, 0.05) is 16.8 Å². The van der Waals surface area contributed by atoms with Crippen molar-refractivity contribution in [2.45, 2.75) is 45.1 Å². The van der Waals surface area contributed by atoms with Gasteiger partial charge in [0.2, 0.25) is 5.91 Å². The summed E-state index contributed by atoms with van der Waals surface area (Å²) < 4.78 is 0. The number of nitrogens with zero attached hydrogens (tertiary/aromatic N) is 2. The zero-order valence-electron chi connectivity index (χ0n) is 13.9. The molecule has 1 N–H and O–H groups in total. The van der Waals surface area contributed by atoms with E-state index in [1.165, 1.54) is 34.0 Å². The van der Waals surface area contributed by atoms with Crippen molar-refractivity contribution in [2.75, 3.05) is 12.3 Å². The van der Waals surface area contributed by atoms with Crippen LogP contribution in [0, 0.1) is 11.8 Å². The van der Waals surface area contributed by atoms with E-state index >= 15 is 0 Å². The van der Waals surface area contributed by atoms with E-state index in [4.69, 9.17) is 0 Å². The van der Waals surface area contributed by atoms with Gasteiger partial charge in [0.1, 0.15) is 16.2 Å². The molecule has 2 aromatic heterocycles. The maximum atomic E-state index is 12.0. The molecule has 1 aliphatic rings. The summed E-state index contributed by atoms with van der Waals surface area (Å²) in [6.07, 6.45) is 5.11. The first-order chi connectivity index (χ1) is 11.0. The number of thiophene rings is 1. The van der Waals surface area contributed by atoms with Crippen LogP contribution in [0.15, 0.2) is 11.4 Å². The van der Waals surface area contributed by atoms with Crippen LogP contribution in [0.4, 0.5) is 0 Å². The Kier molecular flexibility index (Phi) is 5.21. The zero-order chi connectivity index (χ0) is 16.4. The number of hydrogen-bond acceptors (Lipinski definition) is 5. The number of fused-ring (bicyclic) bond motifs is 3. The molecule has 0 bridgehead atoms. The van der Waals surface area contributed by atoms with Crippen molar-refractivity contribution in [1.82, 2.24) is 15.3 Å². The van der Waals surface area contributed by atoms with Crippen molar-refractivity contribution >= 4 is 39.2 Å². The number of nitrogens with one attached hydrogen (secondary N) is 1. The van der Waals surface area contributed by atoms with Gasteiger partial charge in [-0.3, -0.25) is 4.79 Å². The molecule has 2 aromatic rings. The van der Waals surface area contributed by atoms with Gasteiger partial charge in [-0.1, -0.05) is 32.5 Å². The maximum Gasteiger partial charge on any atom is 0.230 e. The number of hydrogen-bond donors (Lipinski definition) is 1. The summed E-state index contributed by atoms with van der Waals surface area (Å²) in [5, 5.41) is 5.12. The van der Waals surface area contributed by atoms with E-state index in [0.717, 1.165) is 35.2 Å². The number of carbonyl (C=O) groups is 1. The molecule has 4 nitrogen and oxygen atoms in total. The summed E-state index contributed by atoms with van der Waals surface area (Å²) in [5.74, 6) is 1.72. The molecule has 1 amide bonds. The van der Waals surface area contributed by atoms with E-state index in [-0.39, 0.29) is 5.91 Å². The molecule has 6 heteroatoms. The number of amides is 1. The summed E-state index contributed by atoms with van der Waals surface area (Å²) in [4.78, 5) is 23.4. The Morgan fingerprint density at radius 3 is 3.09 bits per heavy atom. The smallest absolute Gasteiger partial charge is 0.230 e. The number of thioether (sulfide) groups is 1. The monoisotopic (exact) mass is 349 g/mol. The van der Waals surface area contributed by atoms with Gasteiger partial charge in [0.05, 0.1) is 5.75 Å². The molecule has 1 unspecified atom stereocenters. The highest BCUT2D eigenvalue weighted by Crippen LogP contribution is 2.40. The van der Waals surface area contributed by atoms with E-state index in [9.17, 15) is 4.79 Å². The number of aryl methyl sites for hydroxylation is 1. The minimum Gasteiger partial charge on any atom is -0.355 e. The molecule has 2 heterocycles. The molecule has 0 spiro atoms. The largest absolute Gasteiger partial charge is 0.355 e. The second-order valence-electron chi connectivity index (χ2n) is 6.70. The van der Waals surface area contributed by atoms with E-state index in [2.05, 4.69) is 36.1 Å². The molecule has 0 saturated carbocycles. The Hall–Kier alpha value is -1.14. The molecular formula is C17H23N3OS2. The van der Waals surface area contributed by atoms with E-state index in [1.54, 1.807) is 17.7 Å². The highest BCUT2D eigenvalue weighted by Gasteiger charge is 2.23. The predicted molar refractivity (Wildman–Crippen MR) is 97.2 cm³/mol. The standard InChI is InChI=1S/C17H23N3OS2/c1-10(2)7-18-14(21)8-22-16-15-12-5-4-11(3)6-13(12)23-17(15)20-9-19-16/h9-11H,4-8H2,1-3H3,(H,18,21). The molecule has 0 saturated heterocycles. The molecule has 1 aliphatic carbocycles. The zero-order valence-corrected chi connectivity index (χ0v) is 15.5. The molecule has 0 aromatic carbocycles. The van der Waals surface area contributed by atoms with Crippen LogP contribution in [-0.4, -0.2) is 28.2 Å². The van der Waals surface area contributed by atoms with Crippen LogP contribution in [0.1, 0.15) is 37.6 Å². The quantitative estimate of drug-likeness (QED) is 0.661. The van der Waals surface area contributed by atoms with E-state index in [1.807, 2.05) is 0 Å². The van der Waals surface area contributed by atoms with Crippen LogP contribution in [0.5, 0.6) is 0 Å². The van der Waals surface area contributed by atoms with Gasteiger partial charge in [0.15, 0.2) is 0 Å². The van der Waals surface area contributed by atoms with Crippen molar-refractivity contribution < 1.29 is 4.79 Å². The first kappa shape index (κ1) is 16.7. The number of aromatic nitrogens is 2. The lowest BCUT2D eigenvalue weighted by Gasteiger charge is -2.18. The number of rotatable bonds is 5. The van der Waals surface area contributed by atoms with Gasteiger partial charge in [-0.25, -0.2) is 9.97 Å². The second kappa shape index (κ2) is 7.18. The van der Waals surface area contributed by atoms with Crippen molar-refractivity contribution in [3.05, 3.63) is 16.8 Å². The molecule has 0 radical (unpaired) electrons. The lowest BCUT2D eigenvalue weighted by Crippen LogP contribution is -2.28. The van der Waals surface area contributed by atoms with Crippen LogP contribution in [0.25, 0.3) is 10.2 Å². The Bertz CT molecular complexity index is 711. The third-order valence-corrected chi connectivity index (χ3v) is 6.26. The first-order valence-corrected chi connectivity index (χ1v) is 9.99. The molecule has 124 valence electrons. The lowest BCUT2D eigenvalue weighted by molar-refractivity contribution is -0.118. The summed E-state index contributed by atoms with van der Waals surface area (Å²) in [5.41, 5.74) is 1.42. The van der Waals surface area contributed by atoms with Gasteiger partial charge in [-0.05, 0) is 36.7 Å². The fourth-order valence-electron chi connectivity index (χ4n) is 2.86. The molecule has 1 atom stereocenters. The van der Waals surface area contributed by atoms with Gasteiger partial charge in [0.25, 0.3) is 0 Å². The molecular weight excluding hydrogens is 326 g/mol. The second-order valence-corrected chi connectivity index (χ2v) is 8.75. The minimum atomic E-state index is 0.0770. The average Bonchev–Trinajstić information content (AvgIpc) is 2.88. The summed E-state index contributed by atoms with van der Waals surface area (Å²) in [6.45, 7) is 7.23. The van der Waals surface area contributed by atoms with Crippen LogP contribution < -0.4 is 5.32 Å². The van der Waals surface area contributed by atoms with Crippen molar-refractivity contribution in [1.29, 1.82) is 0 Å². The van der Waals surface area contributed by atoms with Gasteiger partial charge in [-0.2, -0.15) is 0 Å². The van der Waals surface area contributed by atoms with Crippen LogP contribution in [0.3, 0.4) is 0 Å². The molecule has 3 rings (SSSR count). The summed E-state index contributed by atoms with van der Waals surface area (Å²) in [6, 6.07) is 0. The molecule has 0 aliphatic heterocycles. The topological polar surface area (TPSA) is 54.9 Å². The Morgan fingerprint density at radius 1 is 1.48 bits per heavy atom. The van der Waals surface area contributed by atoms with Gasteiger partial charge < -0.3 is 5.32 Å². The fraction of sp³-hybridized carbons (Fsp3) is 0.588. The average molecular weight is 350 g/mol. The highest BCUT2D eigenvalue weighted by molar-refractivity contribution is 8.00. The summed E-state index contributed by atoms with van der Waals surface area (Å²) in [7, 11) is 0. The van der Waals surface area contributed by atoms with Gasteiger partial charge in [-0.15, -0.1) is 11.3 Å². The first-order valence-electron chi connectivity index (χ1n) is 8.19. The summed E-state index contributed by atoms with van der Waals surface area (Å²) >= 11 is 3.33. The fourth-order valence-corrected chi connectivity index (χ4v) is 5.13. The molecule has 23 heavy (non-hydrogen) atoms. The van der Waals surface area contributed by atoms with Crippen molar-refractivity contribution in [2.24, 2.45) is 11.8 Å². The minimum absolute atomic E-state index is 0.0770. The third-order valence-electron chi connectivity index (χ3n) is 4.10. The van der Waals surface area contributed by atoms with E-state index < -0.39 is 0 Å². The van der Waals surface area contributed by atoms with Gasteiger partial charge >= 0.3 is 0 Å². The Labute approximate surface area is 145 Å². The van der Waals surface area contributed by atoms with Crippen LogP contribution >= 0.6 is 23.1 Å². The Morgan fingerprint density at radius 2 is 2.30 bits per heavy atom. The van der Waals surface area contributed by atoms with Crippen molar-refractivity contribution in [3.8, 4) is 0 Å². The highest BCUT2D eigenvalue weighted by atomic mass is 32.2. The predicted octanol–water partition coefficient (Wildman–Crippen LogP) is 3.68. The Balaban J connectivity index is 1.77.